The van der Waals surface area contributed by atoms with Gasteiger partial charge in [-0.3, -0.25) is 0 Å². The Labute approximate surface area is 82.0 Å². The normalized spacial score (nSPS) is 18.7. The van der Waals surface area contributed by atoms with E-state index in [1.54, 1.807) is 0 Å². The minimum Gasteiger partial charge on any atom is -0.390 e. The van der Waals surface area contributed by atoms with E-state index in [1.165, 1.54) is 0 Å². The lowest BCUT2D eigenvalue weighted by atomic mass is 9.93. The molecule has 0 rings (SSSR count). The van der Waals surface area contributed by atoms with Crippen LogP contribution in [0.1, 0.15) is 47.0 Å². The van der Waals surface area contributed by atoms with Gasteiger partial charge in [-0.05, 0) is 24.7 Å². The van der Waals surface area contributed by atoms with Gasteiger partial charge in [0.25, 0.3) is 0 Å². The lowest BCUT2D eigenvalue weighted by molar-refractivity contribution is -0.0196. The third-order valence-electron chi connectivity index (χ3n) is 2.66. The van der Waals surface area contributed by atoms with Crippen molar-refractivity contribution in [2.75, 3.05) is 0 Å². The summed E-state index contributed by atoms with van der Waals surface area (Å²) in [5.74, 6) is 0.793. The fourth-order valence-electron chi connectivity index (χ4n) is 1.30. The molecular formula is C11H24O2. The van der Waals surface area contributed by atoms with Crippen molar-refractivity contribution in [2.24, 2.45) is 11.8 Å². The molecule has 0 saturated heterocycles. The second-order valence-corrected chi connectivity index (χ2v) is 4.41. The van der Waals surface area contributed by atoms with Crippen molar-refractivity contribution in [1.82, 2.24) is 0 Å². The second kappa shape index (κ2) is 6.39. The lowest BCUT2D eigenvalue weighted by Gasteiger charge is -2.23. The Kier molecular flexibility index (Phi) is 6.35. The Balaban J connectivity index is 3.74. The lowest BCUT2D eigenvalue weighted by Crippen LogP contribution is -2.32. The highest BCUT2D eigenvalue weighted by atomic mass is 16.3. The van der Waals surface area contributed by atoms with Crippen LogP contribution in [-0.4, -0.2) is 22.4 Å². The molecule has 3 atom stereocenters. The van der Waals surface area contributed by atoms with E-state index in [4.69, 9.17) is 0 Å². The highest BCUT2D eigenvalue weighted by molar-refractivity contribution is 4.72. The predicted octanol–water partition coefficient (Wildman–Crippen LogP) is 2.19. The molecule has 0 aromatic rings. The van der Waals surface area contributed by atoms with Crippen LogP contribution in [0.4, 0.5) is 0 Å². The average Bonchev–Trinajstić information content (AvgIpc) is 2.11. The zero-order valence-corrected chi connectivity index (χ0v) is 9.33. The maximum atomic E-state index is 9.65. The van der Waals surface area contributed by atoms with Crippen molar-refractivity contribution in [1.29, 1.82) is 0 Å². The van der Waals surface area contributed by atoms with Gasteiger partial charge in [-0.1, -0.05) is 34.1 Å². The van der Waals surface area contributed by atoms with Gasteiger partial charge in [0.2, 0.25) is 0 Å². The van der Waals surface area contributed by atoms with Crippen molar-refractivity contribution in [2.45, 2.75) is 59.2 Å². The Morgan fingerprint density at radius 3 is 1.92 bits per heavy atom. The van der Waals surface area contributed by atoms with Gasteiger partial charge in [-0.15, -0.1) is 0 Å². The standard InChI is InChI=1S/C11H24O2/c1-5-9(4)11(13)10(12)7-6-8(2)3/h8-13H,5-7H2,1-4H3. The van der Waals surface area contributed by atoms with Crippen LogP contribution in [0, 0.1) is 11.8 Å². The molecule has 0 aromatic heterocycles. The van der Waals surface area contributed by atoms with E-state index in [9.17, 15) is 10.2 Å². The Bertz CT molecular complexity index is 123. The van der Waals surface area contributed by atoms with E-state index >= 15 is 0 Å². The van der Waals surface area contributed by atoms with Crippen LogP contribution in [0.5, 0.6) is 0 Å². The Morgan fingerprint density at radius 1 is 1.00 bits per heavy atom. The molecule has 2 nitrogen and oxygen atoms in total. The Morgan fingerprint density at radius 2 is 1.54 bits per heavy atom. The first kappa shape index (κ1) is 12.9. The molecule has 0 heterocycles. The number of aliphatic hydroxyl groups is 2. The molecule has 0 saturated carbocycles. The van der Waals surface area contributed by atoms with Crippen LogP contribution in [0.15, 0.2) is 0 Å². The summed E-state index contributed by atoms with van der Waals surface area (Å²) in [6, 6.07) is 0. The smallest absolute Gasteiger partial charge is 0.0824 e. The Hall–Kier alpha value is -0.0800. The molecule has 0 spiro atoms. The SMILES string of the molecule is CCC(C)C(O)C(O)CCC(C)C. The number of aliphatic hydroxyl groups excluding tert-OH is 2. The maximum absolute atomic E-state index is 9.65. The summed E-state index contributed by atoms with van der Waals surface area (Å²) >= 11 is 0. The van der Waals surface area contributed by atoms with E-state index in [0.29, 0.717) is 12.3 Å². The van der Waals surface area contributed by atoms with Gasteiger partial charge in [0, 0.05) is 0 Å². The summed E-state index contributed by atoms with van der Waals surface area (Å²) in [6.07, 6.45) is 1.51. The van der Waals surface area contributed by atoms with Crippen molar-refractivity contribution in [3.8, 4) is 0 Å². The van der Waals surface area contributed by atoms with Gasteiger partial charge >= 0.3 is 0 Å². The summed E-state index contributed by atoms with van der Waals surface area (Å²) in [5, 5.41) is 19.3. The van der Waals surface area contributed by atoms with Crippen LogP contribution in [0.25, 0.3) is 0 Å². The summed E-state index contributed by atoms with van der Waals surface area (Å²) in [7, 11) is 0. The summed E-state index contributed by atoms with van der Waals surface area (Å²) in [5.41, 5.74) is 0. The van der Waals surface area contributed by atoms with Gasteiger partial charge in [-0.2, -0.15) is 0 Å². The molecule has 0 aromatic carbocycles. The molecule has 3 unspecified atom stereocenters. The van der Waals surface area contributed by atoms with E-state index in [0.717, 1.165) is 12.8 Å². The molecule has 0 amide bonds. The molecule has 0 aliphatic heterocycles. The van der Waals surface area contributed by atoms with Crippen LogP contribution in [0.3, 0.4) is 0 Å². The molecule has 13 heavy (non-hydrogen) atoms. The zero-order valence-electron chi connectivity index (χ0n) is 9.33. The van der Waals surface area contributed by atoms with Crippen molar-refractivity contribution in [3.63, 3.8) is 0 Å². The number of hydrogen-bond acceptors (Lipinski definition) is 2. The minimum atomic E-state index is -0.552. The minimum absolute atomic E-state index is 0.196. The highest BCUT2D eigenvalue weighted by Crippen LogP contribution is 2.16. The first-order valence-electron chi connectivity index (χ1n) is 5.35. The molecule has 0 aliphatic rings. The highest BCUT2D eigenvalue weighted by Gasteiger charge is 2.21. The quantitative estimate of drug-likeness (QED) is 0.671. The fourth-order valence-corrected chi connectivity index (χ4v) is 1.30. The third kappa shape index (κ3) is 5.27. The fraction of sp³-hybridized carbons (Fsp3) is 1.00. The van der Waals surface area contributed by atoms with E-state index in [1.807, 2.05) is 13.8 Å². The van der Waals surface area contributed by atoms with E-state index in [2.05, 4.69) is 13.8 Å². The van der Waals surface area contributed by atoms with Gasteiger partial charge in [-0.25, -0.2) is 0 Å². The molecule has 2 N–H and O–H groups in total. The zero-order chi connectivity index (χ0) is 10.4. The van der Waals surface area contributed by atoms with Gasteiger partial charge in [0.05, 0.1) is 12.2 Å². The van der Waals surface area contributed by atoms with Crippen molar-refractivity contribution in [3.05, 3.63) is 0 Å². The van der Waals surface area contributed by atoms with Crippen LogP contribution < -0.4 is 0 Å². The van der Waals surface area contributed by atoms with Crippen molar-refractivity contribution >= 4 is 0 Å². The van der Waals surface area contributed by atoms with Crippen LogP contribution in [0.2, 0.25) is 0 Å². The molecule has 0 fully saturated rings. The van der Waals surface area contributed by atoms with Gasteiger partial charge < -0.3 is 10.2 Å². The third-order valence-corrected chi connectivity index (χ3v) is 2.66. The monoisotopic (exact) mass is 188 g/mol. The second-order valence-electron chi connectivity index (χ2n) is 4.41. The van der Waals surface area contributed by atoms with Gasteiger partial charge in [0.1, 0.15) is 0 Å². The molecule has 0 radical (unpaired) electrons. The van der Waals surface area contributed by atoms with E-state index in [-0.39, 0.29) is 5.92 Å². The maximum Gasteiger partial charge on any atom is 0.0824 e. The average molecular weight is 188 g/mol. The van der Waals surface area contributed by atoms with Crippen LogP contribution in [-0.2, 0) is 0 Å². The first-order valence-corrected chi connectivity index (χ1v) is 5.35. The van der Waals surface area contributed by atoms with Crippen molar-refractivity contribution < 1.29 is 10.2 Å². The first-order chi connectivity index (χ1) is 5.99. The summed E-state index contributed by atoms with van der Waals surface area (Å²) < 4.78 is 0. The summed E-state index contributed by atoms with van der Waals surface area (Å²) in [6.45, 7) is 8.26. The predicted molar refractivity (Wildman–Crippen MR) is 55.5 cm³/mol. The summed E-state index contributed by atoms with van der Waals surface area (Å²) in [4.78, 5) is 0. The van der Waals surface area contributed by atoms with Gasteiger partial charge in [0.15, 0.2) is 0 Å². The largest absolute Gasteiger partial charge is 0.390 e. The topological polar surface area (TPSA) is 40.5 Å². The number of hydrogen-bond donors (Lipinski definition) is 2. The molecule has 0 aliphatic carbocycles. The van der Waals surface area contributed by atoms with E-state index < -0.39 is 12.2 Å². The molecular weight excluding hydrogens is 164 g/mol. The molecule has 0 bridgehead atoms. The molecule has 80 valence electrons. The number of rotatable bonds is 6. The van der Waals surface area contributed by atoms with Crippen LogP contribution >= 0.6 is 0 Å². The molecule has 2 heteroatoms.